The molecule has 0 saturated carbocycles. The van der Waals surface area contributed by atoms with Crippen LogP contribution in [0.25, 0.3) is 0 Å². The molecular weight excluding hydrogens is 332 g/mol. The number of anilines is 1. The summed E-state index contributed by atoms with van der Waals surface area (Å²) >= 11 is 0. The molecule has 0 bridgehead atoms. The Hall–Kier alpha value is -3.02. The van der Waals surface area contributed by atoms with Crippen molar-refractivity contribution in [2.75, 3.05) is 25.6 Å². The zero-order chi connectivity index (χ0) is 19.1. The minimum absolute atomic E-state index is 0.208. The molecule has 0 fully saturated rings. The van der Waals surface area contributed by atoms with E-state index in [0.717, 1.165) is 5.56 Å². The summed E-state index contributed by atoms with van der Waals surface area (Å²) in [7, 11) is 1.57. The summed E-state index contributed by atoms with van der Waals surface area (Å²) in [5, 5.41) is 5.42. The van der Waals surface area contributed by atoms with Gasteiger partial charge in [0.2, 0.25) is 0 Å². The van der Waals surface area contributed by atoms with Crippen molar-refractivity contribution >= 4 is 17.5 Å². The molecule has 2 amide bonds. The van der Waals surface area contributed by atoms with Gasteiger partial charge in [-0.1, -0.05) is 6.07 Å². The highest BCUT2D eigenvalue weighted by Crippen LogP contribution is 2.29. The van der Waals surface area contributed by atoms with Crippen LogP contribution >= 0.6 is 0 Å². The average molecular weight is 356 g/mol. The van der Waals surface area contributed by atoms with Gasteiger partial charge in [0.05, 0.1) is 13.2 Å². The van der Waals surface area contributed by atoms with Crippen molar-refractivity contribution < 1.29 is 19.1 Å². The first-order chi connectivity index (χ1) is 12.5. The van der Waals surface area contributed by atoms with E-state index in [4.69, 9.17) is 9.47 Å². The summed E-state index contributed by atoms with van der Waals surface area (Å²) < 4.78 is 11.1. The molecule has 2 rings (SSSR count). The number of rotatable bonds is 7. The van der Waals surface area contributed by atoms with Crippen molar-refractivity contribution in [1.29, 1.82) is 0 Å². The molecule has 6 nitrogen and oxygen atoms in total. The highest BCUT2D eigenvalue weighted by molar-refractivity contribution is 6.06. The van der Waals surface area contributed by atoms with Crippen LogP contribution in [0.15, 0.2) is 36.4 Å². The molecule has 0 aliphatic rings. The Morgan fingerprint density at radius 2 is 1.50 bits per heavy atom. The predicted octanol–water partition coefficient (Wildman–Crippen LogP) is 3.40. The predicted molar refractivity (Wildman–Crippen MR) is 101 cm³/mol. The fourth-order valence-electron chi connectivity index (χ4n) is 2.43. The lowest BCUT2D eigenvalue weighted by Gasteiger charge is -2.13. The molecule has 0 spiro atoms. The van der Waals surface area contributed by atoms with Crippen molar-refractivity contribution in [2.45, 2.75) is 20.8 Å². The second-order valence-electron chi connectivity index (χ2n) is 5.59. The van der Waals surface area contributed by atoms with Crippen molar-refractivity contribution in [3.05, 3.63) is 53.1 Å². The number of carbonyl (C=O) groups excluding carboxylic acids is 2. The van der Waals surface area contributed by atoms with Crippen LogP contribution in [-0.4, -0.2) is 32.1 Å². The fraction of sp³-hybridized carbons (Fsp3) is 0.300. The summed E-state index contributed by atoms with van der Waals surface area (Å²) in [6.07, 6.45) is 0. The van der Waals surface area contributed by atoms with Crippen LogP contribution in [0.2, 0.25) is 0 Å². The smallest absolute Gasteiger partial charge is 0.255 e. The van der Waals surface area contributed by atoms with Gasteiger partial charge in [-0.25, -0.2) is 0 Å². The maximum Gasteiger partial charge on any atom is 0.255 e. The molecule has 26 heavy (non-hydrogen) atoms. The van der Waals surface area contributed by atoms with Crippen LogP contribution < -0.4 is 20.1 Å². The summed E-state index contributed by atoms with van der Waals surface area (Å²) in [6, 6.07) is 10.2. The van der Waals surface area contributed by atoms with Crippen molar-refractivity contribution in [2.24, 2.45) is 0 Å². The molecule has 0 heterocycles. The third-order valence-electron chi connectivity index (χ3n) is 3.78. The van der Waals surface area contributed by atoms with Crippen LogP contribution in [0.5, 0.6) is 11.5 Å². The van der Waals surface area contributed by atoms with E-state index in [1.807, 2.05) is 20.8 Å². The van der Waals surface area contributed by atoms with Gasteiger partial charge in [0, 0.05) is 23.9 Å². The number of ether oxygens (including phenoxy) is 2. The summed E-state index contributed by atoms with van der Waals surface area (Å²) in [4.78, 5) is 24.4. The molecule has 2 aromatic rings. The Labute approximate surface area is 153 Å². The maximum atomic E-state index is 12.6. The van der Waals surface area contributed by atoms with E-state index < -0.39 is 0 Å². The Bertz CT molecular complexity index is 802. The van der Waals surface area contributed by atoms with E-state index in [-0.39, 0.29) is 11.8 Å². The van der Waals surface area contributed by atoms with Gasteiger partial charge in [0.1, 0.15) is 0 Å². The topological polar surface area (TPSA) is 76.7 Å². The van der Waals surface area contributed by atoms with Crippen LogP contribution in [0.3, 0.4) is 0 Å². The lowest BCUT2D eigenvalue weighted by molar-refractivity contribution is 0.0961. The third kappa shape index (κ3) is 4.53. The molecule has 0 radical (unpaired) electrons. The van der Waals surface area contributed by atoms with Gasteiger partial charge in [0.15, 0.2) is 11.5 Å². The summed E-state index contributed by atoms with van der Waals surface area (Å²) in [6.45, 7) is 6.61. The molecule has 0 aliphatic carbocycles. The number of amides is 2. The Kier molecular flexibility index (Phi) is 6.60. The molecular formula is C20H24N2O4. The first kappa shape index (κ1) is 19.3. The van der Waals surface area contributed by atoms with E-state index in [2.05, 4.69) is 10.6 Å². The van der Waals surface area contributed by atoms with E-state index >= 15 is 0 Å². The fourth-order valence-corrected chi connectivity index (χ4v) is 2.43. The Morgan fingerprint density at radius 1 is 0.885 bits per heavy atom. The third-order valence-corrected chi connectivity index (χ3v) is 3.78. The van der Waals surface area contributed by atoms with Gasteiger partial charge in [-0.2, -0.15) is 0 Å². The second kappa shape index (κ2) is 8.89. The lowest BCUT2D eigenvalue weighted by Crippen LogP contribution is -2.19. The Balaban J connectivity index is 2.27. The van der Waals surface area contributed by atoms with Crippen LogP contribution in [-0.2, 0) is 0 Å². The molecule has 0 saturated heterocycles. The Morgan fingerprint density at radius 3 is 2.15 bits per heavy atom. The van der Waals surface area contributed by atoms with Crippen LogP contribution in [0.4, 0.5) is 5.69 Å². The van der Waals surface area contributed by atoms with Crippen molar-refractivity contribution in [3.8, 4) is 11.5 Å². The average Bonchev–Trinajstić information content (AvgIpc) is 2.64. The monoisotopic (exact) mass is 356 g/mol. The zero-order valence-electron chi connectivity index (χ0n) is 15.5. The van der Waals surface area contributed by atoms with Crippen molar-refractivity contribution in [3.63, 3.8) is 0 Å². The van der Waals surface area contributed by atoms with Gasteiger partial charge in [-0.15, -0.1) is 0 Å². The number of carbonyl (C=O) groups is 2. The van der Waals surface area contributed by atoms with E-state index in [1.54, 1.807) is 43.4 Å². The molecule has 0 aromatic heterocycles. The first-order valence-electron chi connectivity index (χ1n) is 8.53. The van der Waals surface area contributed by atoms with E-state index in [1.165, 1.54) is 0 Å². The number of hydrogen-bond acceptors (Lipinski definition) is 4. The van der Waals surface area contributed by atoms with Crippen LogP contribution in [0.1, 0.15) is 40.1 Å². The van der Waals surface area contributed by atoms with Gasteiger partial charge < -0.3 is 20.1 Å². The summed E-state index contributed by atoms with van der Waals surface area (Å²) in [5.41, 5.74) is 2.38. The van der Waals surface area contributed by atoms with Gasteiger partial charge in [-0.3, -0.25) is 9.59 Å². The van der Waals surface area contributed by atoms with Crippen LogP contribution in [0, 0.1) is 6.92 Å². The molecule has 2 aromatic carbocycles. The van der Waals surface area contributed by atoms with Gasteiger partial charge >= 0.3 is 0 Å². The molecule has 138 valence electrons. The van der Waals surface area contributed by atoms with Gasteiger partial charge in [0.25, 0.3) is 11.8 Å². The minimum Gasteiger partial charge on any atom is -0.490 e. The molecule has 6 heteroatoms. The molecule has 2 N–H and O–H groups in total. The second-order valence-corrected chi connectivity index (χ2v) is 5.59. The zero-order valence-corrected chi connectivity index (χ0v) is 15.5. The molecule has 0 aliphatic heterocycles. The minimum atomic E-state index is -0.286. The number of aryl methyl sites for hydroxylation is 1. The van der Waals surface area contributed by atoms with E-state index in [0.29, 0.717) is 41.5 Å². The molecule has 0 unspecified atom stereocenters. The maximum absolute atomic E-state index is 12.6. The SMILES string of the molecule is CCOc1ccc(C(=O)Nc2cc(C(=O)NC)ccc2C)cc1OCC. The largest absolute Gasteiger partial charge is 0.490 e. The van der Waals surface area contributed by atoms with Gasteiger partial charge in [-0.05, 0) is 56.7 Å². The number of nitrogens with one attached hydrogen (secondary N) is 2. The summed E-state index contributed by atoms with van der Waals surface area (Å²) in [5.74, 6) is 0.632. The number of hydrogen-bond donors (Lipinski definition) is 2. The standard InChI is InChI=1S/C20H24N2O4/c1-5-25-17-10-9-15(12-18(17)26-6-2)20(24)22-16-11-14(19(23)21-4)8-7-13(16)3/h7-12H,5-6H2,1-4H3,(H,21,23)(H,22,24). The molecule has 0 atom stereocenters. The lowest BCUT2D eigenvalue weighted by atomic mass is 10.1. The van der Waals surface area contributed by atoms with Crippen molar-refractivity contribution in [1.82, 2.24) is 5.32 Å². The number of benzene rings is 2. The van der Waals surface area contributed by atoms with E-state index in [9.17, 15) is 9.59 Å². The normalized spacial score (nSPS) is 10.2. The highest BCUT2D eigenvalue weighted by Gasteiger charge is 2.14. The first-order valence-corrected chi connectivity index (χ1v) is 8.53. The quantitative estimate of drug-likeness (QED) is 0.797. The highest BCUT2D eigenvalue weighted by atomic mass is 16.5.